The van der Waals surface area contributed by atoms with E-state index in [1.54, 1.807) is 4.90 Å². The first-order valence-corrected chi connectivity index (χ1v) is 2.45. The van der Waals surface area contributed by atoms with Crippen LogP contribution in [0.1, 0.15) is 0 Å². The quantitative estimate of drug-likeness (QED) is 0.236. The zero-order chi connectivity index (χ0) is 6.57. The number of nitrogens with zero attached hydrogens (tertiary/aromatic N) is 1. The Hall–Kier alpha value is -0.160. The van der Waals surface area contributed by atoms with Crippen molar-refractivity contribution in [2.45, 2.75) is 6.17 Å². The summed E-state index contributed by atoms with van der Waals surface area (Å²) < 4.78 is 0. The van der Waals surface area contributed by atoms with Gasteiger partial charge in [-0.2, -0.15) is 0 Å². The highest BCUT2D eigenvalue weighted by Crippen LogP contribution is 1.81. The Kier molecular flexibility index (Phi) is 3.72. The summed E-state index contributed by atoms with van der Waals surface area (Å²) in [7, 11) is 3.67. The van der Waals surface area contributed by atoms with E-state index in [-0.39, 0.29) is 12.8 Å². The van der Waals surface area contributed by atoms with Gasteiger partial charge >= 0.3 is 0 Å². The van der Waals surface area contributed by atoms with Gasteiger partial charge in [0.1, 0.15) is 0 Å². The molecule has 1 atom stereocenters. The molecule has 4 N–H and O–H groups in total. The number of rotatable bonds is 3. The Morgan fingerprint density at radius 3 is 2.25 bits per heavy atom. The van der Waals surface area contributed by atoms with E-state index in [1.165, 1.54) is 0 Å². The molecule has 0 aromatic heterocycles. The van der Waals surface area contributed by atoms with Crippen LogP contribution in [0.3, 0.4) is 0 Å². The molecule has 0 aromatic carbocycles. The Balaban J connectivity index is 3.35. The van der Waals surface area contributed by atoms with E-state index in [1.807, 2.05) is 14.1 Å². The van der Waals surface area contributed by atoms with Gasteiger partial charge in [0.05, 0.1) is 12.8 Å². The largest absolute Gasteiger partial charge is 0.393 e. The van der Waals surface area contributed by atoms with Gasteiger partial charge in [-0.3, -0.25) is 10.7 Å². The van der Waals surface area contributed by atoms with Gasteiger partial charge in [-0.15, -0.1) is 0 Å². The molecule has 4 heteroatoms. The third kappa shape index (κ3) is 2.23. The normalized spacial score (nSPS) is 14.6. The number of hydrogen-bond donors (Lipinski definition) is 3. The standard InChI is InChI=1S/C4H13N3O/c1-7(2)4(3-8)6-5/h4,6,8H,3,5H2,1-2H3. The lowest BCUT2D eigenvalue weighted by atomic mass is 10.5. The van der Waals surface area contributed by atoms with Crippen LogP contribution >= 0.6 is 0 Å². The summed E-state index contributed by atoms with van der Waals surface area (Å²) in [6.45, 7) is 0.0312. The maximum absolute atomic E-state index is 8.51. The molecule has 0 aromatic rings. The third-order valence-corrected chi connectivity index (χ3v) is 0.989. The van der Waals surface area contributed by atoms with Crippen molar-refractivity contribution in [2.24, 2.45) is 5.84 Å². The van der Waals surface area contributed by atoms with E-state index in [4.69, 9.17) is 10.9 Å². The van der Waals surface area contributed by atoms with Gasteiger partial charge < -0.3 is 5.11 Å². The van der Waals surface area contributed by atoms with Crippen LogP contribution in [-0.2, 0) is 0 Å². The van der Waals surface area contributed by atoms with Crippen molar-refractivity contribution >= 4 is 0 Å². The molecule has 8 heavy (non-hydrogen) atoms. The lowest BCUT2D eigenvalue weighted by Crippen LogP contribution is -2.47. The minimum Gasteiger partial charge on any atom is -0.393 e. The zero-order valence-corrected chi connectivity index (χ0v) is 5.26. The number of hydrazine groups is 1. The number of nitrogens with two attached hydrogens (primary N) is 1. The van der Waals surface area contributed by atoms with Crippen molar-refractivity contribution in [3.63, 3.8) is 0 Å². The van der Waals surface area contributed by atoms with Gasteiger partial charge in [-0.05, 0) is 14.1 Å². The Bertz CT molecular complexity index is 53.2. The first kappa shape index (κ1) is 7.84. The van der Waals surface area contributed by atoms with Crippen LogP contribution in [0, 0.1) is 0 Å². The maximum atomic E-state index is 8.51. The fourth-order valence-electron chi connectivity index (χ4n) is 0.365. The molecule has 0 amide bonds. The van der Waals surface area contributed by atoms with Crippen LogP contribution in [0.2, 0.25) is 0 Å². The Morgan fingerprint density at radius 2 is 2.25 bits per heavy atom. The second-order valence-electron chi connectivity index (χ2n) is 1.83. The molecule has 0 aliphatic heterocycles. The van der Waals surface area contributed by atoms with Crippen LogP contribution in [-0.4, -0.2) is 36.9 Å². The SMILES string of the molecule is CN(C)C(CO)NN. The second-order valence-corrected chi connectivity index (χ2v) is 1.83. The van der Waals surface area contributed by atoms with Crippen LogP contribution in [0.4, 0.5) is 0 Å². The monoisotopic (exact) mass is 119 g/mol. The highest BCUT2D eigenvalue weighted by Gasteiger charge is 2.03. The molecule has 0 saturated carbocycles. The average molecular weight is 119 g/mol. The van der Waals surface area contributed by atoms with E-state index in [0.29, 0.717) is 0 Å². The second kappa shape index (κ2) is 3.80. The highest BCUT2D eigenvalue weighted by atomic mass is 16.3. The summed E-state index contributed by atoms with van der Waals surface area (Å²) in [6.07, 6.45) is -0.130. The summed E-state index contributed by atoms with van der Waals surface area (Å²) >= 11 is 0. The van der Waals surface area contributed by atoms with Gasteiger partial charge in [-0.25, -0.2) is 5.43 Å². The van der Waals surface area contributed by atoms with Crippen LogP contribution in [0.5, 0.6) is 0 Å². The van der Waals surface area contributed by atoms with Crippen molar-refractivity contribution in [1.82, 2.24) is 10.3 Å². The van der Waals surface area contributed by atoms with Gasteiger partial charge in [0.15, 0.2) is 0 Å². The molecular weight excluding hydrogens is 106 g/mol. The van der Waals surface area contributed by atoms with E-state index in [0.717, 1.165) is 0 Å². The van der Waals surface area contributed by atoms with Gasteiger partial charge in [0.25, 0.3) is 0 Å². The molecule has 0 bridgehead atoms. The topological polar surface area (TPSA) is 61.5 Å². The average Bonchev–Trinajstić information content (AvgIpc) is 1.69. The summed E-state index contributed by atoms with van der Waals surface area (Å²) in [6, 6.07) is 0. The molecule has 0 aliphatic carbocycles. The summed E-state index contributed by atoms with van der Waals surface area (Å²) in [5.41, 5.74) is 2.43. The first-order valence-electron chi connectivity index (χ1n) is 2.45. The number of nitrogens with one attached hydrogen (secondary N) is 1. The van der Waals surface area contributed by atoms with E-state index < -0.39 is 0 Å². The van der Waals surface area contributed by atoms with Crippen molar-refractivity contribution in [3.8, 4) is 0 Å². The fraction of sp³-hybridized carbons (Fsp3) is 1.00. The number of aliphatic hydroxyl groups is 1. The van der Waals surface area contributed by atoms with Crippen molar-refractivity contribution in [1.29, 1.82) is 0 Å². The van der Waals surface area contributed by atoms with Gasteiger partial charge in [0, 0.05) is 0 Å². The predicted molar refractivity (Wildman–Crippen MR) is 31.9 cm³/mol. The molecule has 0 saturated heterocycles. The molecule has 0 aliphatic rings. The van der Waals surface area contributed by atoms with Crippen LogP contribution in [0.25, 0.3) is 0 Å². The van der Waals surface area contributed by atoms with Crippen molar-refractivity contribution in [2.75, 3.05) is 20.7 Å². The van der Waals surface area contributed by atoms with Gasteiger partial charge in [-0.1, -0.05) is 0 Å². The molecule has 1 unspecified atom stereocenters. The van der Waals surface area contributed by atoms with Crippen molar-refractivity contribution < 1.29 is 5.11 Å². The Labute approximate surface area is 49.2 Å². The molecule has 0 fully saturated rings. The zero-order valence-electron chi connectivity index (χ0n) is 5.26. The predicted octanol–water partition coefficient (Wildman–Crippen LogP) is -1.67. The lowest BCUT2D eigenvalue weighted by Gasteiger charge is -2.19. The minimum absolute atomic E-state index is 0.0312. The summed E-state index contributed by atoms with van der Waals surface area (Å²) in [5, 5.41) is 8.51. The molecule has 0 rings (SSSR count). The molecular formula is C4H13N3O. The number of likely N-dealkylation sites (N-methyl/N-ethyl adjacent to an activating group) is 1. The van der Waals surface area contributed by atoms with E-state index in [9.17, 15) is 0 Å². The number of aliphatic hydroxyl groups excluding tert-OH is 1. The van der Waals surface area contributed by atoms with Crippen LogP contribution in [0.15, 0.2) is 0 Å². The summed E-state index contributed by atoms with van der Waals surface area (Å²) in [4.78, 5) is 1.79. The van der Waals surface area contributed by atoms with E-state index >= 15 is 0 Å². The third-order valence-electron chi connectivity index (χ3n) is 0.989. The molecule has 50 valence electrons. The van der Waals surface area contributed by atoms with Crippen LogP contribution < -0.4 is 11.3 Å². The smallest absolute Gasteiger partial charge is 0.0955 e. The number of hydrogen-bond acceptors (Lipinski definition) is 4. The highest BCUT2D eigenvalue weighted by molar-refractivity contribution is 4.54. The lowest BCUT2D eigenvalue weighted by molar-refractivity contribution is 0.143. The van der Waals surface area contributed by atoms with Gasteiger partial charge in [0.2, 0.25) is 0 Å². The Morgan fingerprint density at radius 1 is 1.75 bits per heavy atom. The minimum atomic E-state index is -0.130. The first-order chi connectivity index (χ1) is 3.72. The molecule has 0 spiro atoms. The molecule has 0 radical (unpaired) electrons. The molecule has 0 heterocycles. The maximum Gasteiger partial charge on any atom is 0.0955 e. The fourth-order valence-corrected chi connectivity index (χ4v) is 0.365. The molecule has 4 nitrogen and oxygen atoms in total. The van der Waals surface area contributed by atoms with Crippen molar-refractivity contribution in [3.05, 3.63) is 0 Å². The van der Waals surface area contributed by atoms with E-state index in [2.05, 4.69) is 5.43 Å². The summed E-state index contributed by atoms with van der Waals surface area (Å²) in [5.74, 6) is 5.03.